The third-order valence-electron chi connectivity index (χ3n) is 7.24. The average molecular weight is 587 g/mol. The second kappa shape index (κ2) is 13.8. The fraction of sp³-hybridized carbons (Fsp3) is 0.281. The van der Waals surface area contributed by atoms with Crippen LogP contribution in [0.25, 0.3) is 10.8 Å². The van der Waals surface area contributed by atoms with Crippen LogP contribution in [0, 0.1) is 24.0 Å². The number of aliphatic hydroxyl groups excluding tert-OH is 1. The zero-order valence-corrected chi connectivity index (χ0v) is 24.2. The Morgan fingerprint density at radius 3 is 2.47 bits per heavy atom. The summed E-state index contributed by atoms with van der Waals surface area (Å²) < 4.78 is 5.12. The number of carbonyl (C=O) groups excluding carboxylic acids is 2. The molecule has 4 aromatic rings. The fourth-order valence-electron chi connectivity index (χ4n) is 5.19. The van der Waals surface area contributed by atoms with Gasteiger partial charge in [-0.15, -0.1) is 0 Å². The molecule has 3 aromatic carbocycles. The number of non-ortho nitro benzene ring substituents is 1. The first-order chi connectivity index (χ1) is 20.6. The van der Waals surface area contributed by atoms with Gasteiger partial charge in [-0.2, -0.15) is 0 Å². The van der Waals surface area contributed by atoms with Crippen molar-refractivity contribution in [2.45, 2.75) is 45.7 Å². The number of nitrogens with zero attached hydrogens (tertiary/aromatic N) is 1. The van der Waals surface area contributed by atoms with Gasteiger partial charge in [-0.3, -0.25) is 24.5 Å². The van der Waals surface area contributed by atoms with Crippen molar-refractivity contribution < 1.29 is 24.4 Å². The van der Waals surface area contributed by atoms with E-state index in [1.807, 2.05) is 26.0 Å². The number of aromatic amines is 1. The molecule has 0 saturated heterocycles. The highest BCUT2D eigenvalue weighted by molar-refractivity contribution is 5.89. The van der Waals surface area contributed by atoms with E-state index in [0.29, 0.717) is 28.6 Å². The number of aryl methyl sites for hydroxylation is 2. The highest BCUT2D eigenvalue weighted by atomic mass is 16.6. The van der Waals surface area contributed by atoms with Gasteiger partial charge >= 0.3 is 5.97 Å². The summed E-state index contributed by atoms with van der Waals surface area (Å²) in [6.07, 6.45) is 1.78. The highest BCUT2D eigenvalue weighted by Gasteiger charge is 2.28. The summed E-state index contributed by atoms with van der Waals surface area (Å²) in [6, 6.07) is 14.5. The average Bonchev–Trinajstić information content (AvgIpc) is 2.97. The number of nitro benzene ring substituents is 1. The molecule has 224 valence electrons. The van der Waals surface area contributed by atoms with Crippen LogP contribution >= 0.6 is 0 Å². The Balaban J connectivity index is 1.76. The molecule has 0 aliphatic heterocycles. The van der Waals surface area contributed by atoms with Crippen LogP contribution in [0.2, 0.25) is 0 Å². The Bertz CT molecular complexity index is 1690. The minimum Gasteiger partial charge on any atom is -0.466 e. The lowest BCUT2D eigenvalue weighted by molar-refractivity contribution is -0.384. The maximum Gasteiger partial charge on any atom is 0.308 e. The number of hydrogen-bond acceptors (Lipinski definition) is 8. The molecule has 4 rings (SSSR count). The molecule has 11 heteroatoms. The first kappa shape index (κ1) is 30.9. The lowest BCUT2D eigenvalue weighted by Crippen LogP contribution is -2.37. The summed E-state index contributed by atoms with van der Waals surface area (Å²) in [4.78, 5) is 52.6. The summed E-state index contributed by atoms with van der Waals surface area (Å²) in [5.41, 5.74) is 3.80. The third-order valence-corrected chi connectivity index (χ3v) is 7.24. The molecule has 0 bridgehead atoms. The Morgan fingerprint density at radius 1 is 1.05 bits per heavy atom. The number of nitro groups is 1. The molecule has 43 heavy (non-hydrogen) atoms. The number of carbonyl (C=O) groups is 2. The van der Waals surface area contributed by atoms with Crippen LogP contribution in [0.4, 0.5) is 11.4 Å². The maximum absolute atomic E-state index is 14.1. The number of aliphatic hydroxyl groups is 1. The van der Waals surface area contributed by atoms with Crippen molar-refractivity contribution in [2.24, 2.45) is 0 Å². The molecule has 2 atom stereocenters. The summed E-state index contributed by atoms with van der Waals surface area (Å²) in [5, 5.41) is 28.3. The van der Waals surface area contributed by atoms with E-state index >= 15 is 0 Å². The van der Waals surface area contributed by atoms with Crippen molar-refractivity contribution in [3.8, 4) is 0 Å². The Kier molecular flexibility index (Phi) is 9.89. The number of aromatic nitrogens is 1. The van der Waals surface area contributed by atoms with E-state index in [9.17, 15) is 29.6 Å². The first-order valence-electron chi connectivity index (χ1n) is 13.9. The number of hydrogen-bond donors (Lipinski definition) is 4. The van der Waals surface area contributed by atoms with Gasteiger partial charge in [0.05, 0.1) is 24.0 Å². The summed E-state index contributed by atoms with van der Waals surface area (Å²) >= 11 is 0. The number of ether oxygens (including phenoxy) is 1. The van der Waals surface area contributed by atoms with E-state index in [0.717, 1.165) is 22.1 Å². The lowest BCUT2D eigenvalue weighted by Gasteiger charge is -2.25. The van der Waals surface area contributed by atoms with E-state index in [-0.39, 0.29) is 30.9 Å². The van der Waals surface area contributed by atoms with Crippen LogP contribution in [-0.4, -0.2) is 40.1 Å². The van der Waals surface area contributed by atoms with Gasteiger partial charge in [0.15, 0.2) is 0 Å². The number of nitrogens with one attached hydrogen (secondary N) is 3. The Morgan fingerprint density at radius 2 is 1.79 bits per heavy atom. The van der Waals surface area contributed by atoms with Crippen molar-refractivity contribution in [2.75, 3.05) is 18.5 Å². The number of fused-ring (bicyclic) bond motifs is 1. The van der Waals surface area contributed by atoms with Crippen LogP contribution in [0.15, 0.2) is 71.7 Å². The standard InChI is InChI=1S/C32H34N4O7/c1-4-43-29(38)18-28(22-6-5-7-25(16-22)36(41)42)35-32(40)30(23-14-19(2)26(11-13-37)20(3)15-23)34-24-9-8-21-10-12-33-31(39)27(21)17-24/h5-10,12,14-17,28,30,34,37H,4,11,13,18H2,1-3H3,(H,33,39)(H,35,40). The summed E-state index contributed by atoms with van der Waals surface area (Å²) in [5.74, 6) is -1.07. The van der Waals surface area contributed by atoms with E-state index in [1.54, 1.807) is 43.5 Å². The Labute approximate surface area is 248 Å². The van der Waals surface area contributed by atoms with Crippen molar-refractivity contribution in [1.82, 2.24) is 10.3 Å². The van der Waals surface area contributed by atoms with Gasteiger partial charge in [-0.25, -0.2) is 0 Å². The monoisotopic (exact) mass is 586 g/mol. The van der Waals surface area contributed by atoms with E-state index in [1.165, 1.54) is 18.2 Å². The summed E-state index contributed by atoms with van der Waals surface area (Å²) in [6.45, 7) is 5.59. The van der Waals surface area contributed by atoms with Crippen molar-refractivity contribution in [3.63, 3.8) is 0 Å². The van der Waals surface area contributed by atoms with E-state index < -0.39 is 28.9 Å². The molecule has 1 amide bonds. The molecule has 0 fully saturated rings. The maximum atomic E-state index is 14.1. The lowest BCUT2D eigenvalue weighted by atomic mass is 9.93. The molecule has 0 spiro atoms. The predicted molar refractivity (Wildman–Crippen MR) is 163 cm³/mol. The number of rotatable bonds is 12. The van der Waals surface area contributed by atoms with E-state index in [4.69, 9.17) is 4.74 Å². The van der Waals surface area contributed by atoms with Crippen LogP contribution < -0.4 is 16.2 Å². The number of esters is 1. The molecule has 1 aromatic heterocycles. The zero-order chi connectivity index (χ0) is 31.1. The van der Waals surface area contributed by atoms with Gasteiger partial charge in [0, 0.05) is 36.0 Å². The molecule has 0 aliphatic rings. The molecule has 0 radical (unpaired) electrons. The second-order valence-corrected chi connectivity index (χ2v) is 10.2. The molecule has 1 heterocycles. The van der Waals surface area contributed by atoms with Crippen molar-refractivity contribution in [3.05, 3.63) is 115 Å². The molecule has 0 aliphatic carbocycles. The van der Waals surface area contributed by atoms with E-state index in [2.05, 4.69) is 15.6 Å². The molecular weight excluding hydrogens is 552 g/mol. The van der Waals surface area contributed by atoms with Crippen LogP contribution in [-0.2, 0) is 20.7 Å². The number of benzene rings is 3. The van der Waals surface area contributed by atoms with Crippen molar-refractivity contribution >= 4 is 34.0 Å². The normalized spacial score (nSPS) is 12.4. The smallest absolute Gasteiger partial charge is 0.308 e. The molecule has 11 nitrogen and oxygen atoms in total. The SMILES string of the molecule is CCOC(=O)CC(NC(=O)C(Nc1ccc2cc[nH]c(=O)c2c1)c1cc(C)c(CCO)c(C)c1)c1cccc([N+](=O)[O-])c1. The number of H-pyrrole nitrogens is 1. The minimum absolute atomic E-state index is 0.0203. The predicted octanol–water partition coefficient (Wildman–Crippen LogP) is 4.55. The number of pyridine rings is 1. The van der Waals surface area contributed by atoms with Gasteiger partial charge in [0.25, 0.3) is 11.2 Å². The topological polar surface area (TPSA) is 164 Å². The summed E-state index contributed by atoms with van der Waals surface area (Å²) in [7, 11) is 0. The van der Waals surface area contributed by atoms with Gasteiger partial charge in [0.2, 0.25) is 5.91 Å². The van der Waals surface area contributed by atoms with Gasteiger partial charge in [-0.05, 0) is 78.6 Å². The van der Waals surface area contributed by atoms with Gasteiger partial charge < -0.3 is 25.5 Å². The Hall–Kier alpha value is -5.03. The molecular formula is C32H34N4O7. The zero-order valence-electron chi connectivity index (χ0n) is 24.2. The third kappa shape index (κ3) is 7.44. The largest absolute Gasteiger partial charge is 0.466 e. The molecule has 4 N–H and O–H groups in total. The van der Waals surface area contributed by atoms with Gasteiger partial charge in [0.1, 0.15) is 6.04 Å². The fourth-order valence-corrected chi connectivity index (χ4v) is 5.19. The quantitative estimate of drug-likeness (QED) is 0.107. The highest BCUT2D eigenvalue weighted by Crippen LogP contribution is 2.29. The van der Waals surface area contributed by atoms with Crippen LogP contribution in [0.1, 0.15) is 53.2 Å². The minimum atomic E-state index is -0.982. The number of anilines is 1. The van der Waals surface area contributed by atoms with Gasteiger partial charge in [-0.1, -0.05) is 30.3 Å². The molecule has 0 saturated carbocycles. The molecule has 2 unspecified atom stereocenters. The number of amides is 1. The van der Waals surface area contributed by atoms with Crippen molar-refractivity contribution in [1.29, 1.82) is 0 Å². The second-order valence-electron chi connectivity index (χ2n) is 10.2. The first-order valence-corrected chi connectivity index (χ1v) is 13.9. The van der Waals surface area contributed by atoms with Crippen LogP contribution in [0.3, 0.4) is 0 Å². The van der Waals surface area contributed by atoms with Crippen LogP contribution in [0.5, 0.6) is 0 Å².